The summed E-state index contributed by atoms with van der Waals surface area (Å²) in [5.74, 6) is 1.22. The molecule has 3 heteroatoms. The third-order valence-electron chi connectivity index (χ3n) is 4.68. The van der Waals surface area contributed by atoms with Crippen LogP contribution in [0.3, 0.4) is 0 Å². The molecule has 3 nitrogen and oxygen atoms in total. The maximum atomic E-state index is 11.7. The van der Waals surface area contributed by atoms with Crippen LogP contribution in [0.5, 0.6) is 0 Å². The van der Waals surface area contributed by atoms with Gasteiger partial charge in [-0.25, -0.2) is 0 Å². The van der Waals surface area contributed by atoms with Crippen LogP contribution in [0.2, 0.25) is 0 Å². The fraction of sp³-hybridized carbons (Fsp3) is 0.611. The average Bonchev–Trinajstić information content (AvgIpc) is 2.55. The van der Waals surface area contributed by atoms with Crippen LogP contribution in [0.25, 0.3) is 0 Å². The van der Waals surface area contributed by atoms with Crippen molar-refractivity contribution in [3.63, 3.8) is 0 Å². The molecule has 1 amide bonds. The van der Waals surface area contributed by atoms with E-state index in [1.54, 1.807) is 7.05 Å². The lowest BCUT2D eigenvalue weighted by atomic mass is 9.81. The Morgan fingerprint density at radius 1 is 1.19 bits per heavy atom. The number of amides is 1. The summed E-state index contributed by atoms with van der Waals surface area (Å²) in [5, 5.41) is 2.78. The van der Waals surface area contributed by atoms with E-state index in [4.69, 9.17) is 0 Å². The Hall–Kier alpha value is -1.35. The van der Waals surface area contributed by atoms with Gasteiger partial charge in [-0.3, -0.25) is 9.69 Å². The van der Waals surface area contributed by atoms with Crippen molar-refractivity contribution >= 4 is 5.91 Å². The van der Waals surface area contributed by atoms with Gasteiger partial charge in [0.05, 0.1) is 0 Å². The van der Waals surface area contributed by atoms with Crippen molar-refractivity contribution in [2.24, 2.45) is 11.8 Å². The summed E-state index contributed by atoms with van der Waals surface area (Å²) >= 11 is 0. The molecule has 0 heterocycles. The van der Waals surface area contributed by atoms with E-state index in [2.05, 4.69) is 47.5 Å². The second-order valence-corrected chi connectivity index (χ2v) is 6.15. The third kappa shape index (κ3) is 4.85. The van der Waals surface area contributed by atoms with E-state index in [0.717, 1.165) is 38.4 Å². The van der Waals surface area contributed by atoms with Crippen LogP contribution in [-0.2, 0) is 11.3 Å². The lowest BCUT2D eigenvalue weighted by Gasteiger charge is -2.31. The summed E-state index contributed by atoms with van der Waals surface area (Å²) in [4.78, 5) is 14.2. The summed E-state index contributed by atoms with van der Waals surface area (Å²) in [6, 6.07) is 10.7. The van der Waals surface area contributed by atoms with Crippen molar-refractivity contribution in [3.8, 4) is 0 Å². The van der Waals surface area contributed by atoms with Crippen molar-refractivity contribution in [1.29, 1.82) is 0 Å². The van der Waals surface area contributed by atoms with Gasteiger partial charge < -0.3 is 5.32 Å². The van der Waals surface area contributed by atoms with Crippen LogP contribution in [0, 0.1) is 11.8 Å². The molecule has 1 aliphatic rings. The van der Waals surface area contributed by atoms with Gasteiger partial charge in [0, 0.05) is 26.1 Å². The summed E-state index contributed by atoms with van der Waals surface area (Å²) in [6.45, 7) is 5.52. The number of nitrogens with zero attached hydrogens (tertiary/aromatic N) is 1. The van der Waals surface area contributed by atoms with Crippen LogP contribution in [-0.4, -0.2) is 30.9 Å². The van der Waals surface area contributed by atoms with E-state index in [0.29, 0.717) is 0 Å². The molecular weight excluding hydrogens is 260 g/mol. The molecule has 0 unspecified atom stereocenters. The first-order valence-electron chi connectivity index (χ1n) is 8.20. The van der Waals surface area contributed by atoms with Crippen LogP contribution in [0.1, 0.15) is 38.2 Å². The number of hydrogen-bond acceptors (Lipinski definition) is 2. The number of carbonyl (C=O) groups is 1. The normalized spacial score (nSPS) is 22.2. The first-order valence-corrected chi connectivity index (χ1v) is 8.20. The van der Waals surface area contributed by atoms with Gasteiger partial charge in [0.2, 0.25) is 5.91 Å². The Balaban J connectivity index is 1.79. The molecule has 1 aromatic rings. The van der Waals surface area contributed by atoms with Gasteiger partial charge in [0.1, 0.15) is 0 Å². The number of carbonyl (C=O) groups excluding carboxylic acids is 1. The number of hydrogen-bond donors (Lipinski definition) is 1. The molecule has 0 aliphatic heterocycles. The Bertz CT molecular complexity index is 424. The summed E-state index contributed by atoms with van der Waals surface area (Å²) < 4.78 is 0. The zero-order chi connectivity index (χ0) is 15.1. The maximum Gasteiger partial charge on any atom is 0.222 e. The first-order chi connectivity index (χ1) is 10.2. The Kier molecular flexibility index (Phi) is 6.24. The Morgan fingerprint density at radius 3 is 2.43 bits per heavy atom. The Labute approximate surface area is 128 Å². The molecule has 1 aliphatic carbocycles. The Morgan fingerprint density at radius 2 is 1.86 bits per heavy atom. The molecule has 116 valence electrons. The van der Waals surface area contributed by atoms with Crippen LogP contribution in [0.4, 0.5) is 0 Å². The highest BCUT2D eigenvalue weighted by atomic mass is 16.1. The SMILES string of the molecule is CCN(Cc1ccccc1)CC1CCC(C(=O)NC)CC1. The molecule has 1 N–H and O–H groups in total. The van der Waals surface area contributed by atoms with Crippen LogP contribution < -0.4 is 5.32 Å². The molecule has 1 saturated carbocycles. The quantitative estimate of drug-likeness (QED) is 0.872. The standard InChI is InChI=1S/C18H28N2O/c1-3-20(13-15-7-5-4-6-8-15)14-16-9-11-17(12-10-16)18(21)19-2/h4-8,16-17H,3,9-14H2,1-2H3,(H,19,21). The van der Waals surface area contributed by atoms with Gasteiger partial charge >= 0.3 is 0 Å². The lowest BCUT2D eigenvalue weighted by Crippen LogP contribution is -2.34. The minimum absolute atomic E-state index is 0.227. The second-order valence-electron chi connectivity index (χ2n) is 6.15. The molecule has 2 rings (SSSR count). The molecule has 0 atom stereocenters. The molecular formula is C18H28N2O. The highest BCUT2D eigenvalue weighted by molar-refractivity contribution is 5.78. The molecule has 0 saturated heterocycles. The largest absolute Gasteiger partial charge is 0.359 e. The fourth-order valence-electron chi connectivity index (χ4n) is 3.32. The summed E-state index contributed by atoms with van der Waals surface area (Å²) in [5.41, 5.74) is 1.39. The molecule has 0 bridgehead atoms. The minimum Gasteiger partial charge on any atom is -0.359 e. The number of rotatable bonds is 6. The zero-order valence-electron chi connectivity index (χ0n) is 13.3. The van der Waals surface area contributed by atoms with Crippen LogP contribution in [0.15, 0.2) is 30.3 Å². The van der Waals surface area contributed by atoms with E-state index in [1.807, 2.05) is 0 Å². The molecule has 21 heavy (non-hydrogen) atoms. The van der Waals surface area contributed by atoms with Gasteiger partial charge in [0.25, 0.3) is 0 Å². The van der Waals surface area contributed by atoms with Gasteiger partial charge in [-0.2, -0.15) is 0 Å². The predicted octanol–water partition coefficient (Wildman–Crippen LogP) is 3.06. The topological polar surface area (TPSA) is 32.3 Å². The molecule has 0 aromatic heterocycles. The molecule has 0 radical (unpaired) electrons. The van der Waals surface area contributed by atoms with Gasteiger partial charge in [0.15, 0.2) is 0 Å². The van der Waals surface area contributed by atoms with E-state index in [-0.39, 0.29) is 11.8 Å². The van der Waals surface area contributed by atoms with Crippen molar-refractivity contribution in [2.45, 2.75) is 39.2 Å². The van der Waals surface area contributed by atoms with E-state index in [1.165, 1.54) is 18.4 Å². The van der Waals surface area contributed by atoms with Gasteiger partial charge in [-0.05, 0) is 43.7 Å². The molecule has 1 fully saturated rings. The van der Waals surface area contributed by atoms with E-state index >= 15 is 0 Å². The number of benzene rings is 1. The summed E-state index contributed by atoms with van der Waals surface area (Å²) in [7, 11) is 1.74. The van der Waals surface area contributed by atoms with E-state index in [9.17, 15) is 4.79 Å². The summed E-state index contributed by atoms with van der Waals surface area (Å²) in [6.07, 6.45) is 4.47. The van der Waals surface area contributed by atoms with Crippen molar-refractivity contribution in [3.05, 3.63) is 35.9 Å². The highest BCUT2D eigenvalue weighted by Crippen LogP contribution is 2.29. The molecule has 1 aromatic carbocycles. The van der Waals surface area contributed by atoms with Gasteiger partial charge in [-0.15, -0.1) is 0 Å². The molecule has 0 spiro atoms. The highest BCUT2D eigenvalue weighted by Gasteiger charge is 2.26. The monoisotopic (exact) mass is 288 g/mol. The average molecular weight is 288 g/mol. The van der Waals surface area contributed by atoms with Crippen LogP contribution >= 0.6 is 0 Å². The lowest BCUT2D eigenvalue weighted by molar-refractivity contribution is -0.125. The predicted molar refractivity (Wildman–Crippen MR) is 86.9 cm³/mol. The maximum absolute atomic E-state index is 11.7. The van der Waals surface area contributed by atoms with Gasteiger partial charge in [-0.1, -0.05) is 37.3 Å². The fourth-order valence-corrected chi connectivity index (χ4v) is 3.32. The zero-order valence-corrected chi connectivity index (χ0v) is 13.3. The van der Waals surface area contributed by atoms with E-state index < -0.39 is 0 Å². The first kappa shape index (κ1) is 16.0. The van der Waals surface area contributed by atoms with Crippen molar-refractivity contribution < 1.29 is 4.79 Å². The second kappa shape index (κ2) is 8.18. The van der Waals surface area contributed by atoms with Crippen molar-refractivity contribution in [1.82, 2.24) is 10.2 Å². The van der Waals surface area contributed by atoms with Crippen molar-refractivity contribution in [2.75, 3.05) is 20.1 Å². The third-order valence-corrected chi connectivity index (χ3v) is 4.68. The smallest absolute Gasteiger partial charge is 0.222 e. The minimum atomic E-state index is 0.227. The number of nitrogens with one attached hydrogen (secondary N) is 1.